The maximum Gasteiger partial charge on any atom is 0.490 e. The van der Waals surface area contributed by atoms with E-state index in [0.29, 0.717) is 11.5 Å². The van der Waals surface area contributed by atoms with Gasteiger partial charge in [-0.25, -0.2) is 14.6 Å². The Morgan fingerprint density at radius 2 is 1.57 bits per heavy atom. The van der Waals surface area contributed by atoms with Gasteiger partial charge in [-0.05, 0) is 67.7 Å². The van der Waals surface area contributed by atoms with Crippen molar-refractivity contribution in [3.63, 3.8) is 0 Å². The summed E-state index contributed by atoms with van der Waals surface area (Å²) in [5.74, 6) is -4.51. The second kappa shape index (κ2) is 12.6. The number of hydrogen-bond donors (Lipinski definition) is 3. The van der Waals surface area contributed by atoms with Crippen molar-refractivity contribution >= 4 is 11.9 Å². The Balaban J connectivity index is 0.000000263. The lowest BCUT2D eigenvalue weighted by molar-refractivity contribution is -0.193. The van der Waals surface area contributed by atoms with Crippen LogP contribution in [-0.2, 0) is 28.6 Å². The summed E-state index contributed by atoms with van der Waals surface area (Å²) in [7, 11) is 2.07. The van der Waals surface area contributed by atoms with Crippen molar-refractivity contribution in [3.8, 4) is 0 Å². The molecule has 1 aliphatic heterocycles. The number of imidazole rings is 1. The van der Waals surface area contributed by atoms with Gasteiger partial charge in [0.15, 0.2) is 0 Å². The third kappa shape index (κ3) is 8.43. The summed E-state index contributed by atoms with van der Waals surface area (Å²) < 4.78 is 65.6. The molecule has 0 amide bonds. The number of alkyl halides is 6. The number of halogens is 6. The first-order valence-electron chi connectivity index (χ1n) is 12.7. The Morgan fingerprint density at radius 1 is 1.02 bits per heavy atom. The average Bonchev–Trinajstić information content (AvgIpc) is 3.52. The Kier molecular flexibility index (Phi) is 9.88. The molecule has 5 rings (SSSR count). The minimum absolute atomic E-state index is 0.390. The van der Waals surface area contributed by atoms with Crippen molar-refractivity contribution < 1.29 is 46.1 Å². The number of aromatic nitrogens is 2. The summed E-state index contributed by atoms with van der Waals surface area (Å²) in [4.78, 5) is 24.8. The maximum atomic E-state index is 10.6. The summed E-state index contributed by atoms with van der Waals surface area (Å²) in [6, 6.07) is 9.66. The van der Waals surface area contributed by atoms with E-state index in [4.69, 9.17) is 19.8 Å². The topological polar surface area (TPSA) is 108 Å². The van der Waals surface area contributed by atoms with Gasteiger partial charge in [0.2, 0.25) is 0 Å². The van der Waals surface area contributed by atoms with Crippen LogP contribution >= 0.6 is 0 Å². The van der Waals surface area contributed by atoms with Crippen LogP contribution in [0.5, 0.6) is 0 Å². The van der Waals surface area contributed by atoms with Crippen LogP contribution in [0.2, 0.25) is 0 Å². The van der Waals surface area contributed by atoms with Crippen molar-refractivity contribution in [2.45, 2.75) is 62.5 Å². The van der Waals surface area contributed by atoms with Crippen LogP contribution in [0, 0.1) is 5.92 Å². The second-order valence-electron chi connectivity index (χ2n) is 10.4. The molecule has 222 valence electrons. The van der Waals surface area contributed by atoms with E-state index >= 15 is 0 Å². The van der Waals surface area contributed by atoms with Crippen LogP contribution < -0.4 is 5.32 Å². The molecule has 14 heteroatoms. The van der Waals surface area contributed by atoms with Crippen LogP contribution in [-0.4, -0.2) is 68.6 Å². The number of carbonyl (C=O) groups is 2. The molecule has 2 fully saturated rings. The molecule has 1 saturated heterocycles. The third-order valence-electron chi connectivity index (χ3n) is 7.46. The normalized spacial score (nSPS) is 20.1. The number of nitrogens with one attached hydrogen (secondary N) is 1. The lowest BCUT2D eigenvalue weighted by atomic mass is 9.73. The highest BCUT2D eigenvalue weighted by Gasteiger charge is 2.45. The van der Waals surface area contributed by atoms with Crippen LogP contribution in [0.4, 0.5) is 26.3 Å². The molecule has 3 N–H and O–H groups in total. The Hall–Kier alpha value is -3.13. The van der Waals surface area contributed by atoms with Crippen molar-refractivity contribution in [2.24, 2.45) is 13.0 Å². The van der Waals surface area contributed by atoms with Gasteiger partial charge in [0, 0.05) is 32.4 Å². The summed E-state index contributed by atoms with van der Waals surface area (Å²) in [5.41, 5.74) is 4.79. The zero-order valence-electron chi connectivity index (χ0n) is 21.8. The first-order chi connectivity index (χ1) is 18.6. The number of rotatable bonds is 5. The fourth-order valence-corrected chi connectivity index (χ4v) is 5.16. The van der Waals surface area contributed by atoms with Crippen LogP contribution in [0.25, 0.3) is 0 Å². The average molecular weight is 579 g/mol. The molecule has 8 nitrogen and oxygen atoms in total. The van der Waals surface area contributed by atoms with Crippen molar-refractivity contribution in [1.29, 1.82) is 0 Å². The molecule has 40 heavy (non-hydrogen) atoms. The molecule has 1 aromatic heterocycles. The lowest BCUT2D eigenvalue weighted by Crippen LogP contribution is -2.42. The number of benzene rings is 1. The molecular weight excluding hydrogens is 546 g/mol. The number of aryl methyl sites for hydroxylation is 1. The Labute approximate surface area is 227 Å². The first kappa shape index (κ1) is 31.4. The second-order valence-corrected chi connectivity index (χ2v) is 10.4. The summed E-state index contributed by atoms with van der Waals surface area (Å²) in [6.45, 7) is 4.79. The van der Waals surface area contributed by atoms with Crippen molar-refractivity contribution in [1.82, 2.24) is 19.8 Å². The predicted octanol–water partition coefficient (Wildman–Crippen LogP) is 4.66. The largest absolute Gasteiger partial charge is 0.490 e. The van der Waals surface area contributed by atoms with E-state index in [9.17, 15) is 26.3 Å². The van der Waals surface area contributed by atoms with Gasteiger partial charge >= 0.3 is 24.3 Å². The van der Waals surface area contributed by atoms with Crippen LogP contribution in [0.15, 0.2) is 36.8 Å². The molecule has 0 bridgehead atoms. The molecule has 1 atom stereocenters. The maximum absolute atomic E-state index is 10.6. The van der Waals surface area contributed by atoms with E-state index in [0.717, 1.165) is 12.5 Å². The fraction of sp³-hybridized carbons (Fsp3) is 0.577. The zero-order valence-corrected chi connectivity index (χ0v) is 21.8. The number of aliphatic carboxylic acids is 2. The van der Waals surface area contributed by atoms with Gasteiger partial charge in [-0.3, -0.25) is 0 Å². The van der Waals surface area contributed by atoms with E-state index in [-0.39, 0.29) is 0 Å². The van der Waals surface area contributed by atoms with E-state index in [1.54, 1.807) is 5.56 Å². The highest BCUT2D eigenvalue weighted by Crippen LogP contribution is 2.51. The molecule has 2 aliphatic carbocycles. The SMILES string of the molecule is Cn1cncc1CNC1CC2(CCN(CC3CC3)CC2)c2ccccc21.O=C(O)C(F)(F)F.O=C(O)C(F)(F)F. The van der Waals surface area contributed by atoms with Gasteiger partial charge in [0.1, 0.15) is 0 Å². The van der Waals surface area contributed by atoms with Crippen molar-refractivity contribution in [3.05, 3.63) is 53.6 Å². The van der Waals surface area contributed by atoms with Crippen LogP contribution in [0.3, 0.4) is 0 Å². The van der Waals surface area contributed by atoms with Crippen molar-refractivity contribution in [2.75, 3.05) is 19.6 Å². The highest BCUT2D eigenvalue weighted by molar-refractivity contribution is 5.73. The smallest absolute Gasteiger partial charge is 0.475 e. The minimum atomic E-state index is -5.08. The number of carboxylic acids is 2. The number of hydrogen-bond acceptors (Lipinski definition) is 5. The van der Waals surface area contributed by atoms with Crippen LogP contribution in [0.1, 0.15) is 55.0 Å². The summed E-state index contributed by atoms with van der Waals surface area (Å²) in [5, 5.41) is 18.1. The standard InChI is InChI=1S/C22H30N4.2C2HF3O2/c1-25-16-23-13-18(25)14-24-21-12-22(20-5-3-2-4-19(20)21)8-10-26(11-9-22)15-17-6-7-17;2*3-2(4,5)1(6)7/h2-5,13,16-17,21,24H,6-12,14-15H2,1H3;2*(H,6,7). The minimum Gasteiger partial charge on any atom is -0.475 e. The number of likely N-dealkylation sites (tertiary alicyclic amines) is 1. The highest BCUT2D eigenvalue weighted by atomic mass is 19.4. The zero-order chi connectivity index (χ0) is 29.7. The van der Waals surface area contributed by atoms with E-state index in [2.05, 4.69) is 51.1 Å². The molecule has 2 heterocycles. The molecule has 1 unspecified atom stereocenters. The Morgan fingerprint density at radius 3 is 2.05 bits per heavy atom. The third-order valence-corrected chi connectivity index (χ3v) is 7.46. The summed E-state index contributed by atoms with van der Waals surface area (Å²) >= 11 is 0. The van der Waals surface area contributed by atoms with E-state index < -0.39 is 24.3 Å². The molecular formula is C26H32F6N4O4. The molecule has 1 spiro atoms. The van der Waals surface area contributed by atoms with Gasteiger partial charge in [0.05, 0.1) is 12.0 Å². The monoisotopic (exact) mass is 578 g/mol. The molecule has 3 aliphatic rings. The predicted molar refractivity (Wildman–Crippen MR) is 131 cm³/mol. The molecule has 2 aromatic rings. The first-order valence-corrected chi connectivity index (χ1v) is 12.7. The Bertz CT molecular complexity index is 1130. The number of fused-ring (bicyclic) bond motifs is 2. The lowest BCUT2D eigenvalue weighted by Gasteiger charge is -2.40. The van der Waals surface area contributed by atoms with Gasteiger partial charge in [-0.1, -0.05) is 24.3 Å². The van der Waals surface area contributed by atoms with E-state index in [1.165, 1.54) is 63.0 Å². The summed E-state index contributed by atoms with van der Waals surface area (Å²) in [6.07, 6.45) is 0.508. The van der Waals surface area contributed by atoms with E-state index in [1.807, 2.05) is 12.5 Å². The van der Waals surface area contributed by atoms with Gasteiger partial charge < -0.3 is 25.0 Å². The van der Waals surface area contributed by atoms with Gasteiger partial charge in [0.25, 0.3) is 0 Å². The fourth-order valence-electron chi connectivity index (χ4n) is 5.16. The number of nitrogens with zero attached hydrogens (tertiary/aromatic N) is 3. The molecule has 1 aromatic carbocycles. The number of piperidine rings is 1. The number of carboxylic acid groups (broad SMARTS) is 2. The molecule has 0 radical (unpaired) electrons. The van der Waals surface area contributed by atoms with Gasteiger partial charge in [-0.2, -0.15) is 26.3 Å². The van der Waals surface area contributed by atoms with Gasteiger partial charge in [-0.15, -0.1) is 0 Å². The molecule has 1 saturated carbocycles. The quantitative estimate of drug-likeness (QED) is 0.443.